The fraction of sp³-hybridized carbons (Fsp3) is 0.720. The Morgan fingerprint density at radius 3 is 2.47 bits per heavy atom. The third kappa shape index (κ3) is 4.18. The van der Waals surface area contributed by atoms with Crippen LogP contribution in [0.15, 0.2) is 12.5 Å². The Balaban J connectivity index is 1.44. The van der Waals surface area contributed by atoms with Gasteiger partial charge in [-0.2, -0.15) is 0 Å². The van der Waals surface area contributed by atoms with Crippen LogP contribution in [0.25, 0.3) is 11.0 Å². The predicted molar refractivity (Wildman–Crippen MR) is 126 cm³/mol. The van der Waals surface area contributed by atoms with Crippen LogP contribution in [-0.2, 0) is 4.74 Å². The van der Waals surface area contributed by atoms with Crippen LogP contribution < -0.4 is 4.90 Å². The van der Waals surface area contributed by atoms with E-state index in [1.54, 1.807) is 6.33 Å². The molecule has 3 fully saturated rings. The van der Waals surface area contributed by atoms with Crippen LogP contribution in [-0.4, -0.2) is 56.8 Å². The minimum atomic E-state index is -0.475. The van der Waals surface area contributed by atoms with Gasteiger partial charge >= 0.3 is 6.09 Å². The second-order valence-corrected chi connectivity index (χ2v) is 10.9. The number of nitrogens with zero attached hydrogens (tertiary/aromatic N) is 5. The van der Waals surface area contributed by atoms with E-state index >= 15 is 0 Å². The van der Waals surface area contributed by atoms with Gasteiger partial charge in [0.2, 0.25) is 0 Å². The molecule has 3 aliphatic rings. The van der Waals surface area contributed by atoms with Crippen LogP contribution in [0.3, 0.4) is 0 Å². The first-order valence-electron chi connectivity index (χ1n) is 12.4. The summed E-state index contributed by atoms with van der Waals surface area (Å²) < 4.78 is 8.07. The van der Waals surface area contributed by atoms with Gasteiger partial charge in [-0.25, -0.2) is 14.8 Å². The Morgan fingerprint density at radius 2 is 1.81 bits per heavy atom. The van der Waals surface area contributed by atoms with Crippen molar-refractivity contribution in [2.24, 2.45) is 0 Å². The third-order valence-electron chi connectivity index (χ3n) is 7.16. The quantitative estimate of drug-likeness (QED) is 0.653. The van der Waals surface area contributed by atoms with E-state index in [1.807, 2.05) is 25.7 Å². The van der Waals surface area contributed by atoms with Crippen molar-refractivity contribution >= 4 is 22.9 Å². The average molecular weight is 440 g/mol. The van der Waals surface area contributed by atoms with Crippen molar-refractivity contribution in [2.45, 2.75) is 96.2 Å². The average Bonchev–Trinajstić information content (AvgIpc) is 3.53. The summed E-state index contributed by atoms with van der Waals surface area (Å²) in [6.45, 7) is 9.97. The van der Waals surface area contributed by atoms with Crippen LogP contribution in [0, 0.1) is 0 Å². The molecule has 2 aliphatic carbocycles. The summed E-state index contributed by atoms with van der Waals surface area (Å²) in [5, 5.41) is 1.25. The van der Waals surface area contributed by atoms with Gasteiger partial charge in [-0.1, -0.05) is 19.3 Å². The minimum Gasteiger partial charge on any atom is -0.444 e. The predicted octanol–water partition coefficient (Wildman–Crippen LogP) is 5.26. The number of hydrogen-bond donors (Lipinski definition) is 0. The lowest BCUT2D eigenvalue weighted by Crippen LogP contribution is -2.54. The Kier molecular flexibility index (Phi) is 5.54. The molecule has 174 valence electrons. The topological polar surface area (TPSA) is 63.5 Å². The minimum absolute atomic E-state index is 0.166. The fourth-order valence-electron chi connectivity index (χ4n) is 5.42. The molecule has 3 heterocycles. The normalized spacial score (nSPS) is 23.1. The summed E-state index contributed by atoms with van der Waals surface area (Å²) in [6.07, 6.45) is 12.9. The first-order valence-corrected chi connectivity index (χ1v) is 12.4. The molecule has 1 amide bonds. The van der Waals surface area contributed by atoms with Crippen molar-refractivity contribution in [2.75, 3.05) is 24.5 Å². The number of rotatable bonds is 3. The SMILES string of the molecule is C[C@H]1CN(C(=O)OC(C)(C)C)CCN1c1ncnc2c1c(C1CC1)cn2C1CCCCC1. The molecule has 7 heteroatoms. The van der Waals surface area contributed by atoms with Crippen LogP contribution in [0.2, 0.25) is 0 Å². The first-order chi connectivity index (χ1) is 15.3. The Hall–Kier alpha value is -2.31. The highest BCUT2D eigenvalue weighted by Crippen LogP contribution is 2.47. The summed E-state index contributed by atoms with van der Waals surface area (Å²) in [4.78, 5) is 26.4. The molecule has 7 nitrogen and oxygen atoms in total. The lowest BCUT2D eigenvalue weighted by atomic mass is 9.95. The molecule has 0 N–H and O–H groups in total. The van der Waals surface area contributed by atoms with Gasteiger partial charge in [0, 0.05) is 37.9 Å². The molecule has 0 radical (unpaired) electrons. The van der Waals surface area contributed by atoms with Crippen molar-refractivity contribution < 1.29 is 9.53 Å². The smallest absolute Gasteiger partial charge is 0.410 e. The number of anilines is 1. The molecular weight excluding hydrogens is 402 g/mol. The number of aromatic nitrogens is 3. The fourth-order valence-corrected chi connectivity index (χ4v) is 5.42. The number of carbonyl (C=O) groups excluding carboxylic acids is 1. The van der Waals surface area contributed by atoms with E-state index in [2.05, 4.69) is 22.6 Å². The molecule has 1 aliphatic heterocycles. The Bertz CT molecular complexity index is 984. The summed E-state index contributed by atoms with van der Waals surface area (Å²) in [7, 11) is 0. The second-order valence-electron chi connectivity index (χ2n) is 10.9. The molecule has 0 spiro atoms. The zero-order chi connectivity index (χ0) is 22.5. The number of piperazine rings is 1. The van der Waals surface area contributed by atoms with Gasteiger partial charge in [0.25, 0.3) is 0 Å². The number of fused-ring (bicyclic) bond motifs is 1. The van der Waals surface area contributed by atoms with Crippen LogP contribution >= 0.6 is 0 Å². The standard InChI is InChI=1S/C25H37N5O2/c1-17-14-28(24(31)32-25(2,3)4)12-13-29(17)22-21-20(18-10-11-18)15-30(23(21)27-16-26-22)19-8-6-5-7-9-19/h15-19H,5-14H2,1-4H3/t17-/m0/s1. The van der Waals surface area contributed by atoms with Gasteiger partial charge < -0.3 is 19.1 Å². The molecule has 1 saturated heterocycles. The Labute approximate surface area is 191 Å². The number of hydrogen-bond acceptors (Lipinski definition) is 5. The van der Waals surface area contributed by atoms with Gasteiger partial charge in [0.1, 0.15) is 23.4 Å². The van der Waals surface area contributed by atoms with E-state index in [0.29, 0.717) is 25.0 Å². The van der Waals surface area contributed by atoms with Crippen molar-refractivity contribution in [3.8, 4) is 0 Å². The summed E-state index contributed by atoms with van der Waals surface area (Å²) in [5.74, 6) is 1.69. The monoisotopic (exact) mass is 439 g/mol. The number of amides is 1. The summed E-state index contributed by atoms with van der Waals surface area (Å²) in [6, 6.07) is 0.724. The molecule has 1 atom stereocenters. The van der Waals surface area contributed by atoms with Crippen molar-refractivity contribution in [1.29, 1.82) is 0 Å². The van der Waals surface area contributed by atoms with E-state index in [0.717, 1.165) is 18.0 Å². The van der Waals surface area contributed by atoms with Crippen LogP contribution in [0.1, 0.15) is 90.2 Å². The molecule has 2 aromatic rings. The zero-order valence-electron chi connectivity index (χ0n) is 20.0. The van der Waals surface area contributed by atoms with Crippen molar-refractivity contribution in [3.63, 3.8) is 0 Å². The maximum atomic E-state index is 12.6. The summed E-state index contributed by atoms with van der Waals surface area (Å²) >= 11 is 0. The molecule has 0 bridgehead atoms. The highest BCUT2D eigenvalue weighted by molar-refractivity contribution is 5.92. The second kappa shape index (κ2) is 8.23. The number of ether oxygens (including phenoxy) is 1. The van der Waals surface area contributed by atoms with Crippen LogP contribution in [0.5, 0.6) is 0 Å². The zero-order valence-corrected chi connectivity index (χ0v) is 20.0. The molecule has 32 heavy (non-hydrogen) atoms. The molecule has 2 saturated carbocycles. The highest BCUT2D eigenvalue weighted by Gasteiger charge is 2.35. The van der Waals surface area contributed by atoms with Gasteiger partial charge in [-0.3, -0.25) is 0 Å². The maximum absolute atomic E-state index is 12.6. The lowest BCUT2D eigenvalue weighted by molar-refractivity contribution is 0.0218. The van der Waals surface area contributed by atoms with E-state index in [9.17, 15) is 4.79 Å². The van der Waals surface area contributed by atoms with Gasteiger partial charge in [0.15, 0.2) is 0 Å². The van der Waals surface area contributed by atoms with E-state index in [-0.39, 0.29) is 12.1 Å². The highest BCUT2D eigenvalue weighted by atomic mass is 16.6. The number of carbonyl (C=O) groups is 1. The maximum Gasteiger partial charge on any atom is 0.410 e. The molecule has 0 aromatic carbocycles. The van der Waals surface area contributed by atoms with Gasteiger partial charge in [-0.15, -0.1) is 0 Å². The van der Waals surface area contributed by atoms with E-state index in [1.165, 1.54) is 55.9 Å². The molecule has 5 rings (SSSR count). The Morgan fingerprint density at radius 1 is 1.06 bits per heavy atom. The largest absolute Gasteiger partial charge is 0.444 e. The van der Waals surface area contributed by atoms with Crippen molar-refractivity contribution in [1.82, 2.24) is 19.4 Å². The lowest BCUT2D eigenvalue weighted by Gasteiger charge is -2.41. The molecular formula is C25H37N5O2. The summed E-state index contributed by atoms with van der Waals surface area (Å²) in [5.41, 5.74) is 2.06. The van der Waals surface area contributed by atoms with Crippen molar-refractivity contribution in [3.05, 3.63) is 18.1 Å². The van der Waals surface area contributed by atoms with E-state index < -0.39 is 5.60 Å². The first kappa shape index (κ1) is 21.5. The van der Waals surface area contributed by atoms with Gasteiger partial charge in [0.05, 0.1) is 5.39 Å². The van der Waals surface area contributed by atoms with Gasteiger partial charge in [-0.05, 0) is 64.9 Å². The van der Waals surface area contributed by atoms with E-state index in [4.69, 9.17) is 14.7 Å². The van der Waals surface area contributed by atoms with Crippen LogP contribution in [0.4, 0.5) is 10.6 Å². The molecule has 0 unspecified atom stereocenters. The third-order valence-corrected chi connectivity index (χ3v) is 7.16. The molecule has 2 aromatic heterocycles.